The summed E-state index contributed by atoms with van der Waals surface area (Å²) in [4.78, 5) is 41.0. The minimum absolute atomic E-state index is 0.0887. The van der Waals surface area contributed by atoms with Gasteiger partial charge in [0.05, 0.1) is 18.7 Å². The molecule has 5 rings (SSSR count). The molecule has 0 aliphatic carbocycles. The molecular weight excluding hydrogens is 460 g/mol. The number of carboxylic acid groups (broad SMARTS) is 1. The number of aliphatic carboxylic acids is 1. The van der Waals surface area contributed by atoms with Gasteiger partial charge in [0.1, 0.15) is 16.7 Å². The van der Waals surface area contributed by atoms with Crippen LogP contribution >= 0.6 is 0 Å². The number of anilines is 3. The highest BCUT2D eigenvalue weighted by atomic mass is 16.4. The molecule has 3 aromatic rings. The number of carbonyl (C=O) groups is 1. The molecule has 11 nitrogen and oxygen atoms in total. The van der Waals surface area contributed by atoms with E-state index in [1.54, 1.807) is 0 Å². The maximum atomic E-state index is 12.6. The normalized spacial score (nSPS) is 19.2. The minimum Gasteiger partial charge on any atom is -0.481 e. The average molecular weight is 489 g/mol. The standard InChI is InChI=1S/C25H28N8O3/c1-26-19-3-2-10-33(15-19)25-29-20-13-27-31-23(34)21(20)22(30-25)28-18-6-4-16(5-7-18)14-32-11-8-17(9-12-32)24(35)36/h4-7,13,17,19H,2-3,8-12,14-15H2,(H,31,34)(H,35,36)(H,28,29,30). The van der Waals surface area contributed by atoms with Crippen molar-refractivity contribution in [2.24, 2.45) is 5.92 Å². The third-order valence-electron chi connectivity index (χ3n) is 6.93. The highest BCUT2D eigenvalue weighted by Crippen LogP contribution is 2.26. The van der Waals surface area contributed by atoms with Crippen molar-refractivity contribution in [3.63, 3.8) is 0 Å². The zero-order valence-electron chi connectivity index (χ0n) is 19.9. The summed E-state index contributed by atoms with van der Waals surface area (Å²) in [7, 11) is 0. The summed E-state index contributed by atoms with van der Waals surface area (Å²) in [5.41, 5.74) is 1.98. The number of hydrogen-bond donors (Lipinski definition) is 3. The van der Waals surface area contributed by atoms with E-state index in [0.717, 1.165) is 50.3 Å². The molecule has 4 heterocycles. The van der Waals surface area contributed by atoms with Gasteiger partial charge in [0.15, 0.2) is 0 Å². The van der Waals surface area contributed by atoms with Crippen molar-refractivity contribution in [2.75, 3.05) is 36.4 Å². The summed E-state index contributed by atoms with van der Waals surface area (Å²) in [6.45, 7) is 11.0. The summed E-state index contributed by atoms with van der Waals surface area (Å²) in [5, 5.41) is 19.2. The lowest BCUT2D eigenvalue weighted by atomic mass is 9.97. The second-order valence-electron chi connectivity index (χ2n) is 9.41. The van der Waals surface area contributed by atoms with Crippen molar-refractivity contribution in [3.05, 3.63) is 57.8 Å². The Morgan fingerprint density at radius 1 is 1.17 bits per heavy atom. The molecule has 2 aliphatic rings. The molecule has 0 saturated carbocycles. The van der Waals surface area contributed by atoms with Crippen molar-refractivity contribution < 1.29 is 9.90 Å². The molecule has 0 amide bonds. The van der Waals surface area contributed by atoms with Gasteiger partial charge in [-0.15, -0.1) is 0 Å². The highest BCUT2D eigenvalue weighted by Gasteiger charge is 2.27. The summed E-state index contributed by atoms with van der Waals surface area (Å²) in [6.07, 6.45) is 4.62. The molecular formula is C25H28N8O3. The van der Waals surface area contributed by atoms with E-state index >= 15 is 0 Å². The van der Waals surface area contributed by atoms with Crippen molar-refractivity contribution in [3.8, 4) is 0 Å². The number of rotatable bonds is 6. The second kappa shape index (κ2) is 10.3. The molecule has 0 radical (unpaired) electrons. The van der Waals surface area contributed by atoms with Crippen LogP contribution in [0.15, 0.2) is 35.3 Å². The average Bonchev–Trinajstić information content (AvgIpc) is 2.90. The van der Waals surface area contributed by atoms with Crippen molar-refractivity contribution in [1.29, 1.82) is 0 Å². The fourth-order valence-electron chi connectivity index (χ4n) is 4.89. The topological polar surface area (TPSA) is 132 Å². The number of H-pyrrole nitrogens is 1. The zero-order chi connectivity index (χ0) is 25.1. The Morgan fingerprint density at radius 2 is 1.94 bits per heavy atom. The lowest BCUT2D eigenvalue weighted by Gasteiger charge is -2.30. The quantitative estimate of drug-likeness (QED) is 0.448. The van der Waals surface area contributed by atoms with Crippen LogP contribution in [-0.2, 0) is 11.3 Å². The van der Waals surface area contributed by atoms with E-state index in [9.17, 15) is 14.7 Å². The van der Waals surface area contributed by atoms with Gasteiger partial charge >= 0.3 is 5.97 Å². The minimum atomic E-state index is -0.702. The van der Waals surface area contributed by atoms with Crippen LogP contribution in [-0.4, -0.2) is 68.4 Å². The van der Waals surface area contributed by atoms with Gasteiger partial charge in [-0.25, -0.2) is 16.7 Å². The van der Waals surface area contributed by atoms with Gasteiger partial charge in [-0.05, 0) is 50.0 Å². The number of carboxylic acids is 1. The lowest BCUT2D eigenvalue weighted by molar-refractivity contribution is -0.143. The van der Waals surface area contributed by atoms with Crippen LogP contribution in [0.1, 0.15) is 31.2 Å². The number of piperidine rings is 2. The first-order valence-electron chi connectivity index (χ1n) is 12.2. The van der Waals surface area contributed by atoms with E-state index in [1.165, 1.54) is 6.20 Å². The first kappa shape index (κ1) is 23.7. The van der Waals surface area contributed by atoms with E-state index in [4.69, 9.17) is 6.57 Å². The van der Waals surface area contributed by atoms with E-state index in [0.29, 0.717) is 42.1 Å². The molecule has 11 heteroatoms. The molecule has 2 fully saturated rings. The molecule has 0 bridgehead atoms. The smallest absolute Gasteiger partial charge is 0.306 e. The van der Waals surface area contributed by atoms with Crippen LogP contribution < -0.4 is 15.8 Å². The van der Waals surface area contributed by atoms with Crippen molar-refractivity contribution >= 4 is 34.3 Å². The number of fused-ring (bicyclic) bond motifs is 1. The van der Waals surface area contributed by atoms with Crippen LogP contribution in [0.5, 0.6) is 0 Å². The third-order valence-corrected chi connectivity index (χ3v) is 6.93. The predicted molar refractivity (Wildman–Crippen MR) is 135 cm³/mol. The Hall–Kier alpha value is -4.04. The van der Waals surface area contributed by atoms with Gasteiger partial charge < -0.3 is 20.2 Å². The van der Waals surface area contributed by atoms with Gasteiger partial charge in [-0.3, -0.25) is 14.5 Å². The zero-order valence-corrected chi connectivity index (χ0v) is 19.9. The lowest BCUT2D eigenvalue weighted by Crippen LogP contribution is -2.38. The van der Waals surface area contributed by atoms with E-state index in [2.05, 4.69) is 35.2 Å². The molecule has 1 atom stereocenters. The van der Waals surface area contributed by atoms with Crippen LogP contribution in [0.4, 0.5) is 17.5 Å². The van der Waals surface area contributed by atoms with E-state index in [-0.39, 0.29) is 17.5 Å². The molecule has 2 aliphatic heterocycles. The van der Waals surface area contributed by atoms with E-state index < -0.39 is 5.97 Å². The number of nitrogens with one attached hydrogen (secondary N) is 2. The van der Waals surface area contributed by atoms with E-state index in [1.807, 2.05) is 29.2 Å². The number of benzene rings is 1. The van der Waals surface area contributed by atoms with Crippen molar-refractivity contribution in [2.45, 2.75) is 38.3 Å². The maximum Gasteiger partial charge on any atom is 0.306 e. The number of hydrogen-bond acceptors (Lipinski definition) is 8. The van der Waals surface area contributed by atoms with Gasteiger partial charge in [0, 0.05) is 25.2 Å². The Morgan fingerprint density at radius 3 is 2.67 bits per heavy atom. The third kappa shape index (κ3) is 5.13. The number of likely N-dealkylation sites (tertiary alicyclic amines) is 1. The number of aromatic amines is 1. The molecule has 36 heavy (non-hydrogen) atoms. The van der Waals surface area contributed by atoms with Crippen molar-refractivity contribution in [1.82, 2.24) is 25.1 Å². The van der Waals surface area contributed by atoms with Gasteiger partial charge in [-0.2, -0.15) is 10.1 Å². The fraction of sp³-hybridized carbons (Fsp3) is 0.440. The fourth-order valence-corrected chi connectivity index (χ4v) is 4.89. The molecule has 0 spiro atoms. The SMILES string of the molecule is [C-]#[N+]C1CCCN(c2nc(Nc3ccc(CN4CCC(C(=O)O)CC4)cc3)c3c(=O)[nH]ncc3n2)C1. The molecule has 2 saturated heterocycles. The van der Waals surface area contributed by atoms with Crippen LogP contribution in [0.3, 0.4) is 0 Å². The molecule has 1 unspecified atom stereocenters. The Kier molecular flexibility index (Phi) is 6.77. The van der Waals surface area contributed by atoms with Gasteiger partial charge in [-0.1, -0.05) is 12.1 Å². The first-order valence-corrected chi connectivity index (χ1v) is 12.2. The molecule has 2 aromatic heterocycles. The molecule has 186 valence electrons. The molecule has 1 aromatic carbocycles. The Balaban J connectivity index is 1.34. The number of aromatic nitrogens is 4. The summed E-state index contributed by atoms with van der Waals surface area (Å²) >= 11 is 0. The summed E-state index contributed by atoms with van der Waals surface area (Å²) in [6, 6.07) is 7.84. The monoisotopic (exact) mass is 488 g/mol. The van der Waals surface area contributed by atoms with Crippen LogP contribution in [0, 0.1) is 12.5 Å². The largest absolute Gasteiger partial charge is 0.481 e. The highest BCUT2D eigenvalue weighted by molar-refractivity contribution is 5.90. The molecule has 3 N–H and O–H groups in total. The van der Waals surface area contributed by atoms with Crippen LogP contribution in [0.2, 0.25) is 0 Å². The van der Waals surface area contributed by atoms with Crippen LogP contribution in [0.25, 0.3) is 15.7 Å². The second-order valence-corrected chi connectivity index (χ2v) is 9.41. The number of nitrogens with zero attached hydrogens (tertiary/aromatic N) is 6. The predicted octanol–water partition coefficient (Wildman–Crippen LogP) is 2.64. The summed E-state index contributed by atoms with van der Waals surface area (Å²) in [5.74, 6) is -0.0678. The van der Waals surface area contributed by atoms with Gasteiger partial charge in [0.25, 0.3) is 5.56 Å². The van der Waals surface area contributed by atoms with Gasteiger partial charge in [0.2, 0.25) is 12.0 Å². The Labute approximate surface area is 208 Å². The first-order chi connectivity index (χ1) is 17.5. The Bertz CT molecular complexity index is 1340. The summed E-state index contributed by atoms with van der Waals surface area (Å²) < 4.78 is 0. The maximum absolute atomic E-state index is 12.6.